The number of ether oxygens (including phenoxy) is 2. The molecule has 4 N–H and O–H groups in total. The highest BCUT2D eigenvalue weighted by Gasteiger charge is 2.39. The summed E-state index contributed by atoms with van der Waals surface area (Å²) in [7, 11) is 4.53. The first-order valence-electron chi connectivity index (χ1n) is 22.6. The van der Waals surface area contributed by atoms with Crippen LogP contribution in [0.2, 0.25) is 0 Å². The summed E-state index contributed by atoms with van der Waals surface area (Å²) in [4.78, 5) is 79.9. The summed E-state index contributed by atoms with van der Waals surface area (Å²) >= 11 is 0. The number of rotatable bonds is 11. The molecule has 1 saturated heterocycles. The SMILES string of the molecule is CCn1c(-c2cccnc2[C@H](C)OC)c2c3cc(ccc31)-c1cc(O)cc(c1)C[C@H](NC(=O)[C@H](C(C)C)N(C)C(=O)CN(C)C(=O)C1=N[C@@H]1O)C(=O)N1CCC[C@H](N1)C(=O)OCC(C)(C)C2. The van der Waals surface area contributed by atoms with Crippen molar-refractivity contribution in [2.24, 2.45) is 16.3 Å². The number of pyridine rings is 1. The number of esters is 1. The molecule has 17 nitrogen and oxygen atoms in total. The fraction of sp³-hybridized carbons (Fsp3) is 0.490. The number of nitrogens with zero attached hydrogens (tertiary/aromatic N) is 6. The molecule has 5 heterocycles. The van der Waals surface area contributed by atoms with Crippen molar-refractivity contribution in [1.29, 1.82) is 0 Å². The van der Waals surface area contributed by atoms with Crippen molar-refractivity contribution < 1.29 is 43.7 Å². The number of benzene rings is 2. The zero-order chi connectivity index (χ0) is 47.8. The second-order valence-corrected chi connectivity index (χ2v) is 18.8. The van der Waals surface area contributed by atoms with Gasteiger partial charge >= 0.3 is 5.97 Å². The summed E-state index contributed by atoms with van der Waals surface area (Å²) in [6.07, 6.45) is 1.66. The van der Waals surface area contributed by atoms with Gasteiger partial charge in [0, 0.05) is 68.8 Å². The fourth-order valence-corrected chi connectivity index (χ4v) is 9.25. The second-order valence-electron chi connectivity index (χ2n) is 18.8. The molecule has 6 bridgehead atoms. The number of hydrogen-bond donors (Lipinski definition) is 4. The smallest absolute Gasteiger partial charge is 0.324 e. The minimum atomic E-state index is -1.21. The Hall–Kier alpha value is -6.17. The van der Waals surface area contributed by atoms with Gasteiger partial charge in [0.1, 0.15) is 23.9 Å². The van der Waals surface area contributed by atoms with Gasteiger partial charge in [-0.25, -0.2) is 10.4 Å². The molecule has 5 atom stereocenters. The monoisotopic (exact) mass is 906 g/mol. The Bertz CT molecular complexity index is 2570. The molecule has 4 aromatic rings. The number of hydrazine groups is 1. The number of carbonyl (C=O) groups is 5. The highest BCUT2D eigenvalue weighted by molar-refractivity contribution is 6.45. The number of phenolic OH excluding ortho intramolecular Hbond substituents is 1. The van der Waals surface area contributed by atoms with Crippen molar-refractivity contribution in [2.45, 2.75) is 104 Å². The zero-order valence-electron chi connectivity index (χ0n) is 39.3. The van der Waals surface area contributed by atoms with Crippen molar-refractivity contribution in [3.05, 3.63) is 71.5 Å². The molecule has 4 amide bonds. The maximum absolute atomic E-state index is 14.7. The molecule has 0 unspecified atom stereocenters. The molecule has 352 valence electrons. The van der Waals surface area contributed by atoms with Crippen LogP contribution in [0.3, 0.4) is 0 Å². The summed E-state index contributed by atoms with van der Waals surface area (Å²) in [5, 5.41) is 26.1. The molecule has 0 radical (unpaired) electrons. The van der Waals surface area contributed by atoms with E-state index >= 15 is 0 Å². The number of aliphatic hydroxyl groups is 1. The lowest BCUT2D eigenvalue weighted by Crippen LogP contribution is -2.62. The van der Waals surface area contributed by atoms with E-state index < -0.39 is 65.3 Å². The van der Waals surface area contributed by atoms with Gasteiger partial charge in [-0.05, 0) is 97.7 Å². The van der Waals surface area contributed by atoms with Crippen LogP contribution in [0.5, 0.6) is 5.75 Å². The van der Waals surface area contributed by atoms with E-state index in [1.807, 2.05) is 25.1 Å². The molecule has 0 aliphatic carbocycles. The van der Waals surface area contributed by atoms with Crippen LogP contribution in [-0.2, 0) is 52.8 Å². The predicted octanol–water partition coefficient (Wildman–Crippen LogP) is 4.17. The normalized spacial score (nSPS) is 20.5. The first kappa shape index (κ1) is 47.8. The van der Waals surface area contributed by atoms with E-state index in [2.05, 4.69) is 59.3 Å². The number of aliphatic imine (C=N–C) groups is 1. The number of nitrogens with one attached hydrogen (secondary N) is 2. The number of methoxy groups -OCH3 is 1. The summed E-state index contributed by atoms with van der Waals surface area (Å²) in [6, 6.07) is 12.2. The predicted molar refractivity (Wildman–Crippen MR) is 248 cm³/mol. The van der Waals surface area contributed by atoms with Gasteiger partial charge in [-0.1, -0.05) is 39.8 Å². The van der Waals surface area contributed by atoms with Crippen molar-refractivity contribution >= 4 is 46.2 Å². The highest BCUT2D eigenvalue weighted by Crippen LogP contribution is 2.42. The molecule has 66 heavy (non-hydrogen) atoms. The van der Waals surface area contributed by atoms with E-state index in [4.69, 9.17) is 14.5 Å². The summed E-state index contributed by atoms with van der Waals surface area (Å²) in [5.74, 6) is -3.24. The van der Waals surface area contributed by atoms with E-state index in [9.17, 15) is 34.2 Å². The van der Waals surface area contributed by atoms with Crippen molar-refractivity contribution in [3.8, 4) is 28.1 Å². The van der Waals surface area contributed by atoms with Crippen molar-refractivity contribution in [2.75, 3.05) is 40.9 Å². The number of amides is 4. The number of cyclic esters (lactones) is 1. The van der Waals surface area contributed by atoms with E-state index in [1.54, 1.807) is 39.3 Å². The first-order chi connectivity index (χ1) is 31.3. The number of carbonyl (C=O) groups excluding carboxylic acids is 5. The third-order valence-corrected chi connectivity index (χ3v) is 12.8. The quantitative estimate of drug-likeness (QED) is 0.157. The summed E-state index contributed by atoms with van der Waals surface area (Å²) < 4.78 is 14.2. The lowest BCUT2D eigenvalue weighted by Gasteiger charge is -2.37. The fourth-order valence-electron chi connectivity index (χ4n) is 9.25. The second kappa shape index (κ2) is 19.4. The van der Waals surface area contributed by atoms with Gasteiger partial charge in [0.05, 0.1) is 30.6 Å². The number of aryl methyl sites for hydroxylation is 1. The van der Waals surface area contributed by atoms with E-state index in [-0.39, 0.29) is 43.7 Å². The lowest BCUT2D eigenvalue weighted by molar-refractivity contribution is -0.155. The number of aromatic nitrogens is 2. The molecule has 3 aliphatic heterocycles. The molecule has 2 aromatic heterocycles. The maximum Gasteiger partial charge on any atom is 0.324 e. The average Bonchev–Trinajstić information content (AvgIpc) is 3.95. The number of likely N-dealkylation sites (N-methyl/N-ethyl adjacent to an activating group) is 2. The molecule has 17 heteroatoms. The number of aromatic hydroxyl groups is 1. The van der Waals surface area contributed by atoms with Crippen molar-refractivity contribution in [3.63, 3.8) is 0 Å². The minimum Gasteiger partial charge on any atom is -0.508 e. The highest BCUT2D eigenvalue weighted by atomic mass is 16.5. The maximum atomic E-state index is 14.7. The van der Waals surface area contributed by atoms with Crippen LogP contribution < -0.4 is 10.7 Å². The third kappa shape index (κ3) is 9.98. The van der Waals surface area contributed by atoms with Crippen molar-refractivity contribution in [1.82, 2.24) is 35.1 Å². The molecular weight excluding hydrogens is 845 g/mol. The van der Waals surface area contributed by atoms with Crippen LogP contribution in [0.4, 0.5) is 0 Å². The van der Waals surface area contributed by atoms with Gasteiger partial charge in [0.25, 0.3) is 11.8 Å². The molecule has 3 aliphatic rings. The Morgan fingerprint density at radius 1 is 1.08 bits per heavy atom. The van der Waals surface area contributed by atoms with Crippen LogP contribution in [0.1, 0.15) is 77.3 Å². The molecule has 1 fully saturated rings. The third-order valence-electron chi connectivity index (χ3n) is 12.8. The largest absolute Gasteiger partial charge is 0.508 e. The van der Waals surface area contributed by atoms with Gasteiger partial charge in [-0.3, -0.25) is 34.0 Å². The Morgan fingerprint density at radius 3 is 2.50 bits per heavy atom. The van der Waals surface area contributed by atoms with Crippen LogP contribution >= 0.6 is 0 Å². The first-order valence-corrected chi connectivity index (χ1v) is 22.6. The Labute approximate surface area is 385 Å². The van der Waals surface area contributed by atoms with Crippen LogP contribution in [0.25, 0.3) is 33.3 Å². The van der Waals surface area contributed by atoms with Crippen LogP contribution in [0.15, 0.2) is 59.7 Å². The van der Waals surface area contributed by atoms with Gasteiger partial charge < -0.3 is 39.4 Å². The Kier molecular flexibility index (Phi) is 14.0. The average molecular weight is 907 g/mol. The van der Waals surface area contributed by atoms with Gasteiger partial charge in [-0.15, -0.1) is 0 Å². The van der Waals surface area contributed by atoms with Gasteiger partial charge in [-0.2, -0.15) is 0 Å². The lowest BCUT2D eigenvalue weighted by atomic mass is 9.84. The standard InChI is InChI=1S/C49H62N8O9/c1-10-56-38-16-15-30-23-34(38)35(43(56)33-13-11-17-50-40(33)28(4)65-9)24-49(5,6)26-66-48(64)36-14-12-18-57(53-36)46(62)37(21-29-19-31(30)22-32(58)20-29)51-45(61)42(27(2)3)55(8)39(59)25-54(7)47(63)41-44(60)52-41/h11,13,15-17,19-20,22-23,27-28,36-37,42,44,53,58,60H,10,12,14,18,21,24-26H2,1-9H3,(H,51,61)/t28-,36-,37-,42-,44+/m0/s1. The van der Waals surface area contributed by atoms with Gasteiger partial charge in [0.2, 0.25) is 11.8 Å². The number of phenols is 1. The molecule has 0 spiro atoms. The van der Waals surface area contributed by atoms with Crippen LogP contribution in [-0.4, -0.2) is 135 Å². The van der Waals surface area contributed by atoms with Gasteiger partial charge in [0.15, 0.2) is 11.9 Å². The molecular formula is C49H62N8O9. The van der Waals surface area contributed by atoms with E-state index in [1.165, 1.54) is 24.0 Å². The molecule has 2 aromatic carbocycles. The molecule has 7 rings (SSSR count). The zero-order valence-corrected chi connectivity index (χ0v) is 39.3. The number of aliphatic hydroxyl groups excluding tert-OH is 1. The van der Waals surface area contributed by atoms with Crippen LogP contribution in [0, 0.1) is 11.3 Å². The van der Waals surface area contributed by atoms with E-state index in [0.29, 0.717) is 36.9 Å². The number of hydrogen-bond acceptors (Lipinski definition) is 12. The molecule has 0 saturated carbocycles. The number of fused-ring (bicyclic) bond motifs is 6. The summed E-state index contributed by atoms with van der Waals surface area (Å²) in [5.41, 5.74) is 9.29. The Balaban J connectivity index is 1.30. The topological polar surface area (TPSA) is 208 Å². The van der Waals surface area contributed by atoms with E-state index in [0.717, 1.165) is 43.9 Å². The summed E-state index contributed by atoms with van der Waals surface area (Å²) in [6.45, 7) is 12.3. The Morgan fingerprint density at radius 2 is 1.82 bits per heavy atom. The minimum absolute atomic E-state index is 0.0381.